The maximum absolute atomic E-state index is 9.76. The highest BCUT2D eigenvalue weighted by atomic mass is 16.3. The van der Waals surface area contributed by atoms with Crippen molar-refractivity contribution in [3.63, 3.8) is 0 Å². The van der Waals surface area contributed by atoms with Gasteiger partial charge in [0, 0.05) is 24.0 Å². The molecule has 5 nitrogen and oxygen atoms in total. The van der Waals surface area contributed by atoms with Gasteiger partial charge in [-0.3, -0.25) is 9.38 Å². The molecule has 2 N–H and O–H groups in total. The minimum atomic E-state index is 0.250. The number of benzene rings is 1. The van der Waals surface area contributed by atoms with Gasteiger partial charge < -0.3 is 10.4 Å². The molecule has 0 bridgehead atoms. The Morgan fingerprint density at radius 2 is 2.09 bits per heavy atom. The predicted octanol–water partition coefficient (Wildman–Crippen LogP) is 3.46. The SMILES string of the molecule is Oc1cccc(-c2nc3cnccn3c2NC2CCCC2)c1. The van der Waals surface area contributed by atoms with Gasteiger partial charge in [0.15, 0.2) is 5.65 Å². The van der Waals surface area contributed by atoms with Gasteiger partial charge in [0.1, 0.15) is 17.3 Å². The first-order chi connectivity index (χ1) is 10.8. The van der Waals surface area contributed by atoms with Gasteiger partial charge >= 0.3 is 0 Å². The van der Waals surface area contributed by atoms with Gasteiger partial charge in [-0.15, -0.1) is 0 Å². The molecule has 0 atom stereocenters. The van der Waals surface area contributed by atoms with E-state index in [2.05, 4.69) is 10.3 Å². The number of hydrogen-bond acceptors (Lipinski definition) is 4. The molecule has 1 aromatic carbocycles. The third-order valence-electron chi connectivity index (χ3n) is 4.25. The Labute approximate surface area is 128 Å². The van der Waals surface area contributed by atoms with Gasteiger partial charge in [-0.2, -0.15) is 0 Å². The van der Waals surface area contributed by atoms with Crippen LogP contribution >= 0.6 is 0 Å². The lowest BCUT2D eigenvalue weighted by atomic mass is 10.1. The number of phenolic OH excluding ortho intramolecular Hbond substituents is 1. The van der Waals surface area contributed by atoms with E-state index in [1.807, 2.05) is 22.7 Å². The van der Waals surface area contributed by atoms with E-state index in [0.717, 1.165) is 22.7 Å². The van der Waals surface area contributed by atoms with E-state index >= 15 is 0 Å². The molecular formula is C17H18N4O. The van der Waals surface area contributed by atoms with Crippen LogP contribution in [0, 0.1) is 0 Å². The summed E-state index contributed by atoms with van der Waals surface area (Å²) in [4.78, 5) is 8.84. The van der Waals surface area contributed by atoms with Gasteiger partial charge in [0.25, 0.3) is 0 Å². The van der Waals surface area contributed by atoms with Crippen molar-refractivity contribution in [3.8, 4) is 17.0 Å². The van der Waals surface area contributed by atoms with Gasteiger partial charge in [-0.25, -0.2) is 4.98 Å². The van der Waals surface area contributed by atoms with Crippen molar-refractivity contribution in [2.75, 3.05) is 5.32 Å². The number of aromatic nitrogens is 3. The Hall–Kier alpha value is -2.56. The fraction of sp³-hybridized carbons (Fsp3) is 0.294. The number of imidazole rings is 1. The summed E-state index contributed by atoms with van der Waals surface area (Å²) in [6.45, 7) is 0. The maximum atomic E-state index is 9.76. The molecular weight excluding hydrogens is 276 g/mol. The molecule has 0 radical (unpaired) electrons. The van der Waals surface area contributed by atoms with Crippen LogP contribution in [0.15, 0.2) is 42.9 Å². The Kier molecular flexibility index (Phi) is 3.18. The molecule has 1 aliphatic rings. The van der Waals surface area contributed by atoms with Crippen molar-refractivity contribution < 1.29 is 5.11 Å². The Balaban J connectivity index is 1.85. The van der Waals surface area contributed by atoms with Crippen LogP contribution in [0.5, 0.6) is 5.75 Å². The molecule has 4 rings (SSSR count). The summed E-state index contributed by atoms with van der Waals surface area (Å²) in [5, 5.41) is 13.4. The molecule has 2 aromatic heterocycles. The van der Waals surface area contributed by atoms with Crippen molar-refractivity contribution >= 4 is 11.5 Å². The Morgan fingerprint density at radius 1 is 1.23 bits per heavy atom. The summed E-state index contributed by atoms with van der Waals surface area (Å²) in [5.41, 5.74) is 2.57. The predicted molar refractivity (Wildman–Crippen MR) is 86.0 cm³/mol. The lowest BCUT2D eigenvalue weighted by Crippen LogP contribution is -2.16. The fourth-order valence-corrected chi connectivity index (χ4v) is 3.16. The zero-order valence-corrected chi connectivity index (χ0v) is 12.2. The van der Waals surface area contributed by atoms with E-state index < -0.39 is 0 Å². The summed E-state index contributed by atoms with van der Waals surface area (Å²) in [6, 6.07) is 7.71. The molecule has 5 heteroatoms. The van der Waals surface area contributed by atoms with E-state index in [4.69, 9.17) is 4.98 Å². The molecule has 1 fully saturated rings. The smallest absolute Gasteiger partial charge is 0.157 e. The molecule has 0 aliphatic heterocycles. The van der Waals surface area contributed by atoms with Crippen LogP contribution in [0.1, 0.15) is 25.7 Å². The summed E-state index contributed by atoms with van der Waals surface area (Å²) < 4.78 is 2.03. The minimum absolute atomic E-state index is 0.250. The van der Waals surface area contributed by atoms with Crippen LogP contribution < -0.4 is 5.32 Å². The number of nitrogens with zero attached hydrogens (tertiary/aromatic N) is 3. The number of fused-ring (bicyclic) bond motifs is 1. The second-order valence-corrected chi connectivity index (χ2v) is 5.79. The zero-order chi connectivity index (χ0) is 14.9. The lowest BCUT2D eigenvalue weighted by molar-refractivity contribution is 0.475. The van der Waals surface area contributed by atoms with E-state index in [-0.39, 0.29) is 5.75 Å². The molecule has 112 valence electrons. The van der Waals surface area contributed by atoms with Crippen molar-refractivity contribution in [1.29, 1.82) is 0 Å². The third kappa shape index (κ3) is 2.28. The minimum Gasteiger partial charge on any atom is -0.508 e. The maximum Gasteiger partial charge on any atom is 0.157 e. The molecule has 1 aliphatic carbocycles. The number of anilines is 1. The van der Waals surface area contributed by atoms with Gasteiger partial charge in [-0.05, 0) is 25.0 Å². The average molecular weight is 294 g/mol. The molecule has 2 heterocycles. The Bertz CT molecular complexity index is 805. The monoisotopic (exact) mass is 294 g/mol. The van der Waals surface area contributed by atoms with E-state index in [1.54, 1.807) is 24.5 Å². The molecule has 0 amide bonds. The summed E-state index contributed by atoms with van der Waals surface area (Å²) in [7, 11) is 0. The number of aromatic hydroxyl groups is 1. The number of phenols is 1. The van der Waals surface area contributed by atoms with Gasteiger partial charge in [0.2, 0.25) is 0 Å². The normalized spacial score (nSPS) is 15.5. The highest BCUT2D eigenvalue weighted by Crippen LogP contribution is 2.32. The molecule has 3 aromatic rings. The first-order valence-electron chi connectivity index (χ1n) is 7.69. The van der Waals surface area contributed by atoms with Crippen molar-refractivity contribution in [2.24, 2.45) is 0 Å². The summed E-state index contributed by atoms with van der Waals surface area (Å²) >= 11 is 0. The molecule has 22 heavy (non-hydrogen) atoms. The molecule has 0 saturated heterocycles. The number of rotatable bonds is 3. The van der Waals surface area contributed by atoms with Gasteiger partial charge in [0.05, 0.1) is 6.20 Å². The molecule has 0 unspecified atom stereocenters. The van der Waals surface area contributed by atoms with Crippen LogP contribution in [0.2, 0.25) is 0 Å². The number of nitrogens with one attached hydrogen (secondary N) is 1. The van der Waals surface area contributed by atoms with Crippen LogP contribution in [0.4, 0.5) is 5.82 Å². The van der Waals surface area contributed by atoms with Crippen LogP contribution in [0.25, 0.3) is 16.9 Å². The van der Waals surface area contributed by atoms with E-state index in [0.29, 0.717) is 6.04 Å². The zero-order valence-electron chi connectivity index (χ0n) is 12.2. The van der Waals surface area contributed by atoms with E-state index in [1.165, 1.54) is 25.7 Å². The largest absolute Gasteiger partial charge is 0.508 e. The standard InChI is InChI=1S/C17H18N4O/c22-14-7-3-4-12(10-14)16-17(19-13-5-1-2-6-13)21-9-8-18-11-15(21)20-16/h3-4,7-11,13,19,22H,1-2,5-6H2. The average Bonchev–Trinajstić information content (AvgIpc) is 3.16. The third-order valence-corrected chi connectivity index (χ3v) is 4.25. The van der Waals surface area contributed by atoms with E-state index in [9.17, 15) is 5.11 Å². The lowest BCUT2D eigenvalue weighted by Gasteiger charge is -2.14. The topological polar surface area (TPSA) is 62.5 Å². The van der Waals surface area contributed by atoms with Crippen LogP contribution in [0.3, 0.4) is 0 Å². The van der Waals surface area contributed by atoms with Crippen molar-refractivity contribution in [1.82, 2.24) is 14.4 Å². The van der Waals surface area contributed by atoms with Crippen LogP contribution in [-0.2, 0) is 0 Å². The second kappa shape index (κ2) is 5.33. The molecule has 0 spiro atoms. The fourth-order valence-electron chi connectivity index (χ4n) is 3.16. The highest BCUT2D eigenvalue weighted by Gasteiger charge is 2.20. The van der Waals surface area contributed by atoms with Gasteiger partial charge in [-0.1, -0.05) is 25.0 Å². The second-order valence-electron chi connectivity index (χ2n) is 5.79. The summed E-state index contributed by atoms with van der Waals surface area (Å²) in [6.07, 6.45) is 10.4. The first-order valence-corrected chi connectivity index (χ1v) is 7.69. The van der Waals surface area contributed by atoms with Crippen LogP contribution in [-0.4, -0.2) is 25.5 Å². The highest BCUT2D eigenvalue weighted by molar-refractivity contribution is 5.77. The van der Waals surface area contributed by atoms with Crippen molar-refractivity contribution in [2.45, 2.75) is 31.7 Å². The number of hydrogen-bond donors (Lipinski definition) is 2. The first kappa shape index (κ1) is 13.1. The summed E-state index contributed by atoms with van der Waals surface area (Å²) in [5.74, 6) is 1.23. The molecule has 1 saturated carbocycles. The quantitative estimate of drug-likeness (QED) is 0.776. The van der Waals surface area contributed by atoms with Crippen molar-refractivity contribution in [3.05, 3.63) is 42.9 Å². The Morgan fingerprint density at radius 3 is 2.91 bits per heavy atom.